The summed E-state index contributed by atoms with van der Waals surface area (Å²) in [5.74, 6) is -12.0. The van der Waals surface area contributed by atoms with Crippen molar-refractivity contribution in [2.75, 3.05) is 13.2 Å². The Morgan fingerprint density at radius 1 is 1.04 bits per heavy atom. The molecule has 146 valence electrons. The second-order valence-corrected chi connectivity index (χ2v) is 7.58. The Bertz CT molecular complexity index is 703. The zero-order valence-corrected chi connectivity index (χ0v) is 14.6. The van der Waals surface area contributed by atoms with Crippen LogP contribution in [0.5, 0.6) is 5.75 Å². The van der Waals surface area contributed by atoms with Gasteiger partial charge in [-0.25, -0.2) is 0 Å². The average Bonchev–Trinajstić information content (AvgIpc) is 2.53. The van der Waals surface area contributed by atoms with Crippen molar-refractivity contribution in [3.63, 3.8) is 0 Å². The quantitative estimate of drug-likeness (QED) is 0.431. The lowest BCUT2D eigenvalue weighted by Gasteiger charge is -2.30. The lowest BCUT2D eigenvalue weighted by molar-refractivity contribution is -0.358. The molecule has 4 nitrogen and oxygen atoms in total. The van der Waals surface area contributed by atoms with Gasteiger partial charge in [-0.3, -0.25) is 9.05 Å². The van der Waals surface area contributed by atoms with Crippen LogP contribution in [0.2, 0.25) is 0 Å². The normalized spacial score (nSPS) is 15.2. The van der Waals surface area contributed by atoms with Crippen LogP contribution in [0.3, 0.4) is 0 Å². The van der Waals surface area contributed by atoms with Crippen LogP contribution < -0.4 is 4.52 Å². The van der Waals surface area contributed by atoms with E-state index in [-0.39, 0.29) is 17.9 Å². The van der Waals surface area contributed by atoms with E-state index in [1.807, 2.05) is 0 Å². The van der Waals surface area contributed by atoms with Gasteiger partial charge >= 0.3 is 24.7 Å². The highest BCUT2D eigenvalue weighted by Crippen LogP contribution is 2.53. The highest BCUT2D eigenvalue weighted by Gasteiger charge is 2.73. The number of halogens is 7. The first-order chi connectivity index (χ1) is 11.8. The van der Waals surface area contributed by atoms with E-state index in [0.29, 0.717) is 0 Å². The van der Waals surface area contributed by atoms with Crippen LogP contribution in [0.4, 0.5) is 30.7 Å². The number of nitrogens with zero attached hydrogens (tertiary/aromatic N) is 1. The zero-order chi connectivity index (χ0) is 20.2. The predicted octanol–water partition coefficient (Wildman–Crippen LogP) is 5.05. The zero-order valence-electron chi connectivity index (χ0n) is 12.9. The van der Waals surface area contributed by atoms with Gasteiger partial charge < -0.3 is 4.52 Å². The van der Waals surface area contributed by atoms with Crippen LogP contribution in [-0.4, -0.2) is 31.2 Å². The molecule has 1 unspecified atom stereocenters. The number of hydrogen-bond acceptors (Lipinski definition) is 5. The van der Waals surface area contributed by atoms with Crippen molar-refractivity contribution in [2.24, 2.45) is 0 Å². The maximum Gasteiger partial charge on any atom is 0.459 e. The van der Waals surface area contributed by atoms with Gasteiger partial charge in [-0.05, 0) is 31.2 Å². The summed E-state index contributed by atoms with van der Waals surface area (Å²) >= 11 is 4.75. The molecule has 0 fully saturated rings. The molecule has 0 aliphatic heterocycles. The molecule has 0 saturated heterocycles. The van der Waals surface area contributed by atoms with Crippen molar-refractivity contribution in [3.05, 3.63) is 29.8 Å². The minimum atomic E-state index is -6.48. The van der Waals surface area contributed by atoms with Crippen LogP contribution in [-0.2, 0) is 20.9 Å². The van der Waals surface area contributed by atoms with Crippen molar-refractivity contribution in [1.29, 1.82) is 5.26 Å². The Morgan fingerprint density at radius 3 is 2.00 bits per heavy atom. The summed E-state index contributed by atoms with van der Waals surface area (Å²) in [5, 5.41) is 8.66. The standard InChI is InChI=1S/C13H11F7NO3PS/c1-2-22-25(26,24-10-5-3-9(7-21)4-6-10)23-8-11(14,15)12(16,17)13(18,19)20/h3-6H,2,8H2,1H3. The molecular weight excluding hydrogens is 414 g/mol. The van der Waals surface area contributed by atoms with Gasteiger partial charge in [0.05, 0.1) is 18.2 Å². The van der Waals surface area contributed by atoms with E-state index in [1.165, 1.54) is 31.2 Å². The van der Waals surface area contributed by atoms with E-state index in [9.17, 15) is 30.7 Å². The summed E-state index contributed by atoms with van der Waals surface area (Å²) < 4.78 is 103. The summed E-state index contributed by atoms with van der Waals surface area (Å²) in [6, 6.07) is 6.73. The fraction of sp³-hybridized carbons (Fsp3) is 0.462. The molecular formula is C13H11F7NO3PS. The third-order valence-electron chi connectivity index (χ3n) is 2.71. The fourth-order valence-corrected chi connectivity index (χ4v) is 3.35. The molecule has 0 aliphatic rings. The van der Waals surface area contributed by atoms with Crippen molar-refractivity contribution in [3.8, 4) is 11.8 Å². The number of alkyl halides is 7. The summed E-state index contributed by atoms with van der Waals surface area (Å²) in [4.78, 5) is 0. The van der Waals surface area contributed by atoms with Crippen molar-refractivity contribution < 1.29 is 44.3 Å². The Balaban J connectivity index is 2.96. The molecule has 0 bridgehead atoms. The molecule has 13 heteroatoms. The molecule has 26 heavy (non-hydrogen) atoms. The van der Waals surface area contributed by atoms with Gasteiger partial charge in [0.25, 0.3) is 0 Å². The number of nitriles is 1. The van der Waals surface area contributed by atoms with Crippen LogP contribution in [0, 0.1) is 11.3 Å². The smallest absolute Gasteiger partial charge is 0.424 e. The van der Waals surface area contributed by atoms with Gasteiger partial charge in [-0.2, -0.15) is 36.0 Å². The van der Waals surface area contributed by atoms with Crippen LogP contribution in [0.25, 0.3) is 0 Å². The van der Waals surface area contributed by atoms with E-state index in [1.54, 1.807) is 6.07 Å². The largest absolute Gasteiger partial charge is 0.459 e. The molecule has 1 aromatic carbocycles. The van der Waals surface area contributed by atoms with Gasteiger partial charge in [0, 0.05) is 11.8 Å². The number of benzene rings is 1. The summed E-state index contributed by atoms with van der Waals surface area (Å²) in [5.41, 5.74) is 0.222. The number of hydrogen-bond donors (Lipinski definition) is 0. The Kier molecular flexibility index (Phi) is 7.04. The van der Waals surface area contributed by atoms with E-state index in [0.717, 1.165) is 0 Å². The van der Waals surface area contributed by atoms with E-state index in [2.05, 4.69) is 4.52 Å². The highest BCUT2D eigenvalue weighted by atomic mass is 32.5. The minimum absolute atomic E-state index is 0.105. The Morgan fingerprint density at radius 2 is 1.58 bits per heavy atom. The molecule has 1 atom stereocenters. The topological polar surface area (TPSA) is 51.5 Å². The average molecular weight is 425 g/mol. The molecule has 1 aromatic rings. The summed E-state index contributed by atoms with van der Waals surface area (Å²) in [7, 11) is 0. The van der Waals surface area contributed by atoms with Gasteiger partial charge in [0.15, 0.2) is 0 Å². The fourth-order valence-electron chi connectivity index (χ4n) is 1.43. The van der Waals surface area contributed by atoms with Gasteiger partial charge in [-0.15, -0.1) is 0 Å². The van der Waals surface area contributed by atoms with Gasteiger partial charge in [-0.1, -0.05) is 0 Å². The maximum atomic E-state index is 13.3. The molecule has 0 aromatic heterocycles. The summed E-state index contributed by atoms with van der Waals surface area (Å²) in [6.45, 7) is -5.37. The second-order valence-electron chi connectivity index (χ2n) is 4.64. The predicted molar refractivity (Wildman–Crippen MR) is 79.6 cm³/mol. The second kappa shape index (κ2) is 8.08. The first kappa shape index (κ1) is 22.6. The van der Waals surface area contributed by atoms with Gasteiger partial charge in [0.2, 0.25) is 0 Å². The monoisotopic (exact) mass is 425 g/mol. The Hall–Kier alpha value is -1.41. The molecule has 0 radical (unpaired) electrons. The Labute approximate surface area is 148 Å². The van der Waals surface area contributed by atoms with E-state index < -0.39 is 31.3 Å². The third-order valence-corrected chi connectivity index (χ3v) is 5.02. The van der Waals surface area contributed by atoms with E-state index in [4.69, 9.17) is 26.1 Å². The molecule has 0 amide bonds. The molecule has 0 heterocycles. The van der Waals surface area contributed by atoms with Crippen LogP contribution in [0.15, 0.2) is 24.3 Å². The lowest BCUT2D eigenvalue weighted by atomic mass is 10.2. The van der Waals surface area contributed by atoms with Crippen LogP contribution >= 0.6 is 6.72 Å². The van der Waals surface area contributed by atoms with E-state index >= 15 is 0 Å². The minimum Gasteiger partial charge on any atom is -0.424 e. The molecule has 0 saturated carbocycles. The first-order valence-electron chi connectivity index (χ1n) is 6.69. The van der Waals surface area contributed by atoms with Crippen molar-refractivity contribution in [1.82, 2.24) is 0 Å². The summed E-state index contributed by atoms with van der Waals surface area (Å²) in [6.07, 6.45) is -6.48. The first-order valence-corrected chi connectivity index (χ1v) is 9.25. The lowest BCUT2D eigenvalue weighted by Crippen LogP contribution is -2.54. The third kappa shape index (κ3) is 5.30. The molecule has 1 rings (SSSR count). The maximum absolute atomic E-state index is 13.3. The number of rotatable bonds is 8. The van der Waals surface area contributed by atoms with Gasteiger partial charge in [0.1, 0.15) is 12.4 Å². The van der Waals surface area contributed by atoms with Crippen molar-refractivity contribution in [2.45, 2.75) is 24.9 Å². The SMILES string of the molecule is CCOP(=S)(OCC(F)(F)C(F)(F)C(F)(F)F)Oc1ccc(C#N)cc1. The van der Waals surface area contributed by atoms with Crippen molar-refractivity contribution >= 4 is 18.5 Å². The molecule has 0 aliphatic carbocycles. The molecule has 0 spiro atoms. The highest BCUT2D eigenvalue weighted by molar-refractivity contribution is 8.07. The molecule has 0 N–H and O–H groups in total. The van der Waals surface area contributed by atoms with Crippen LogP contribution in [0.1, 0.15) is 12.5 Å².